The van der Waals surface area contributed by atoms with Crippen molar-refractivity contribution >= 4 is 11.6 Å². The van der Waals surface area contributed by atoms with Crippen LogP contribution in [-0.4, -0.2) is 48.2 Å². The van der Waals surface area contributed by atoms with E-state index in [2.05, 4.69) is 0 Å². The highest BCUT2D eigenvalue weighted by molar-refractivity contribution is 6.13. The Kier molecular flexibility index (Phi) is 6.68. The predicted octanol–water partition coefficient (Wildman–Crippen LogP) is 1.88. The number of ketones is 2. The van der Waals surface area contributed by atoms with Gasteiger partial charge in [-0.15, -0.1) is 0 Å². The van der Waals surface area contributed by atoms with Gasteiger partial charge >= 0.3 is 0 Å². The van der Waals surface area contributed by atoms with Gasteiger partial charge in [-0.1, -0.05) is 0 Å². The van der Waals surface area contributed by atoms with Gasteiger partial charge in [0, 0.05) is 11.1 Å². The lowest BCUT2D eigenvalue weighted by Gasteiger charge is -2.10. The molecule has 2 aromatic carbocycles. The first-order valence-electron chi connectivity index (χ1n) is 7.75. The third-order valence-corrected chi connectivity index (χ3v) is 3.56. The molecule has 0 aromatic heterocycles. The Morgan fingerprint density at radius 1 is 0.920 bits per heavy atom. The molecule has 1 atom stereocenters. The van der Waals surface area contributed by atoms with Crippen LogP contribution in [0.4, 0.5) is 0 Å². The maximum Gasteiger partial charge on any atom is 0.170 e. The monoisotopic (exact) mass is 344 g/mol. The zero-order chi connectivity index (χ0) is 18.2. The summed E-state index contributed by atoms with van der Waals surface area (Å²) in [5.74, 6) is 0.553. The first kappa shape index (κ1) is 18.6. The molecule has 2 rings (SSSR count). The molecule has 0 aliphatic heterocycles. The van der Waals surface area contributed by atoms with E-state index in [-0.39, 0.29) is 31.2 Å². The quantitative estimate of drug-likeness (QED) is 0.533. The van der Waals surface area contributed by atoms with Gasteiger partial charge in [-0.3, -0.25) is 9.59 Å². The van der Waals surface area contributed by atoms with E-state index in [9.17, 15) is 14.7 Å². The molecule has 132 valence electrons. The molecule has 0 spiro atoms. The molecule has 1 unspecified atom stereocenters. The Hall–Kier alpha value is -2.70. The van der Waals surface area contributed by atoms with Crippen LogP contribution in [0.5, 0.6) is 11.5 Å². The number of carbonyl (C=O) groups excluding carboxylic acids is 2. The molecule has 2 N–H and O–H groups in total. The van der Waals surface area contributed by atoms with Crippen LogP contribution in [-0.2, 0) is 0 Å². The molecule has 0 saturated heterocycles. The van der Waals surface area contributed by atoms with Gasteiger partial charge in [-0.2, -0.15) is 0 Å². The normalized spacial score (nSPS) is 11.6. The summed E-state index contributed by atoms with van der Waals surface area (Å²) in [7, 11) is 1.54. The summed E-state index contributed by atoms with van der Waals surface area (Å²) in [4.78, 5) is 24.4. The lowest BCUT2D eigenvalue weighted by atomic mass is 10.0. The molecule has 0 aliphatic rings. The van der Waals surface area contributed by atoms with Gasteiger partial charge in [-0.05, 0) is 48.5 Å². The van der Waals surface area contributed by atoms with Crippen molar-refractivity contribution in [1.29, 1.82) is 0 Å². The van der Waals surface area contributed by atoms with Crippen LogP contribution in [0, 0.1) is 0 Å². The summed E-state index contributed by atoms with van der Waals surface area (Å²) in [6.07, 6.45) is -1.18. The van der Waals surface area contributed by atoms with E-state index in [1.165, 1.54) is 7.11 Å². The summed E-state index contributed by atoms with van der Waals surface area (Å²) in [5.41, 5.74) is 0.851. The number of hydrogen-bond donors (Lipinski definition) is 2. The molecule has 2 aromatic rings. The summed E-state index contributed by atoms with van der Waals surface area (Å²) in [5, 5.41) is 18.0. The SMILES string of the molecule is COc1ccc(C(=O)CC(=O)c2ccc(OCC(O)CO)cc2)cc1. The van der Waals surface area contributed by atoms with Gasteiger partial charge < -0.3 is 19.7 Å². The predicted molar refractivity (Wildman–Crippen MR) is 91.3 cm³/mol. The number of ether oxygens (including phenoxy) is 2. The third-order valence-electron chi connectivity index (χ3n) is 3.56. The fourth-order valence-electron chi connectivity index (χ4n) is 2.11. The van der Waals surface area contributed by atoms with E-state index < -0.39 is 6.10 Å². The summed E-state index contributed by atoms with van der Waals surface area (Å²) in [6, 6.07) is 12.9. The zero-order valence-corrected chi connectivity index (χ0v) is 13.8. The summed E-state index contributed by atoms with van der Waals surface area (Å²) >= 11 is 0. The number of methoxy groups -OCH3 is 1. The first-order chi connectivity index (χ1) is 12.0. The summed E-state index contributed by atoms with van der Waals surface area (Å²) in [6.45, 7) is -0.427. The van der Waals surface area contributed by atoms with E-state index in [0.29, 0.717) is 22.6 Å². The minimum absolute atomic E-state index is 0.0419. The van der Waals surface area contributed by atoms with Gasteiger partial charge in [-0.25, -0.2) is 0 Å². The van der Waals surface area contributed by atoms with Gasteiger partial charge in [0.15, 0.2) is 11.6 Å². The van der Waals surface area contributed by atoms with Gasteiger partial charge in [0.05, 0.1) is 20.1 Å². The molecule has 0 heterocycles. The number of rotatable bonds is 9. The second-order valence-corrected chi connectivity index (χ2v) is 5.42. The average Bonchev–Trinajstić information content (AvgIpc) is 2.66. The Balaban J connectivity index is 1.94. The molecule has 0 amide bonds. The lowest BCUT2D eigenvalue weighted by molar-refractivity contribution is 0.0536. The number of benzene rings is 2. The van der Waals surface area contributed by atoms with E-state index in [4.69, 9.17) is 14.6 Å². The van der Waals surface area contributed by atoms with E-state index in [1.807, 2.05) is 0 Å². The minimum Gasteiger partial charge on any atom is -0.497 e. The number of hydrogen-bond acceptors (Lipinski definition) is 6. The molecular formula is C19H20O6. The number of aliphatic hydroxyl groups is 2. The van der Waals surface area contributed by atoms with Crippen molar-refractivity contribution in [3.05, 3.63) is 59.7 Å². The van der Waals surface area contributed by atoms with Crippen molar-refractivity contribution in [3.63, 3.8) is 0 Å². The van der Waals surface area contributed by atoms with Crippen LogP contribution in [0.3, 0.4) is 0 Å². The van der Waals surface area contributed by atoms with Crippen LogP contribution in [0.15, 0.2) is 48.5 Å². The van der Waals surface area contributed by atoms with Crippen LogP contribution < -0.4 is 9.47 Å². The number of aliphatic hydroxyl groups excluding tert-OH is 2. The maximum absolute atomic E-state index is 12.2. The van der Waals surface area contributed by atoms with Crippen LogP contribution in [0.25, 0.3) is 0 Å². The highest BCUT2D eigenvalue weighted by Gasteiger charge is 2.14. The van der Waals surface area contributed by atoms with E-state index in [0.717, 1.165) is 0 Å². The van der Waals surface area contributed by atoms with Crippen LogP contribution in [0.2, 0.25) is 0 Å². The number of Topliss-reactive ketones (excluding diaryl/α,β-unsaturated/α-hetero) is 2. The Morgan fingerprint density at radius 3 is 1.84 bits per heavy atom. The zero-order valence-electron chi connectivity index (χ0n) is 13.8. The van der Waals surface area contributed by atoms with Crippen molar-refractivity contribution in [2.24, 2.45) is 0 Å². The second-order valence-electron chi connectivity index (χ2n) is 5.42. The lowest BCUT2D eigenvalue weighted by Crippen LogP contribution is -2.21. The largest absolute Gasteiger partial charge is 0.497 e. The summed E-state index contributed by atoms with van der Waals surface area (Å²) < 4.78 is 10.3. The molecule has 25 heavy (non-hydrogen) atoms. The minimum atomic E-state index is -0.955. The molecule has 0 saturated carbocycles. The molecule has 0 bridgehead atoms. The standard InChI is InChI=1S/C19H20O6/c1-24-16-6-2-13(3-7-16)18(22)10-19(23)14-4-8-17(9-5-14)25-12-15(21)11-20/h2-9,15,20-21H,10-12H2,1H3. The van der Waals surface area contributed by atoms with Gasteiger partial charge in [0.25, 0.3) is 0 Å². The number of carbonyl (C=O) groups is 2. The highest BCUT2D eigenvalue weighted by atomic mass is 16.5. The highest BCUT2D eigenvalue weighted by Crippen LogP contribution is 2.16. The molecule has 6 nitrogen and oxygen atoms in total. The fraction of sp³-hybridized carbons (Fsp3) is 0.263. The van der Waals surface area contributed by atoms with Gasteiger partial charge in [0.2, 0.25) is 0 Å². The van der Waals surface area contributed by atoms with Crippen molar-refractivity contribution in [2.75, 3.05) is 20.3 Å². The second kappa shape index (κ2) is 8.96. The Bertz CT molecular complexity index is 706. The maximum atomic E-state index is 12.2. The van der Waals surface area contributed by atoms with Crippen molar-refractivity contribution in [2.45, 2.75) is 12.5 Å². The molecule has 0 radical (unpaired) electrons. The van der Waals surface area contributed by atoms with Crippen molar-refractivity contribution < 1.29 is 29.3 Å². The Labute approximate surface area is 145 Å². The molecular weight excluding hydrogens is 324 g/mol. The Morgan fingerprint density at radius 2 is 1.40 bits per heavy atom. The van der Waals surface area contributed by atoms with E-state index >= 15 is 0 Å². The van der Waals surface area contributed by atoms with Crippen molar-refractivity contribution in [3.8, 4) is 11.5 Å². The average molecular weight is 344 g/mol. The topological polar surface area (TPSA) is 93.1 Å². The molecule has 0 aliphatic carbocycles. The smallest absolute Gasteiger partial charge is 0.170 e. The first-order valence-corrected chi connectivity index (χ1v) is 7.75. The third kappa shape index (κ3) is 5.41. The van der Waals surface area contributed by atoms with Crippen LogP contribution >= 0.6 is 0 Å². The van der Waals surface area contributed by atoms with Crippen LogP contribution in [0.1, 0.15) is 27.1 Å². The molecule has 0 fully saturated rings. The van der Waals surface area contributed by atoms with Crippen molar-refractivity contribution in [1.82, 2.24) is 0 Å². The fourth-order valence-corrected chi connectivity index (χ4v) is 2.11. The van der Waals surface area contributed by atoms with Gasteiger partial charge in [0.1, 0.15) is 24.2 Å². The molecule has 6 heteroatoms. The van der Waals surface area contributed by atoms with E-state index in [1.54, 1.807) is 48.5 Å².